The monoisotopic (exact) mass is 289 g/mol. The molecule has 1 aliphatic rings. The second-order valence-corrected chi connectivity index (χ2v) is 5.65. The summed E-state index contributed by atoms with van der Waals surface area (Å²) in [5.41, 5.74) is 6.28. The number of nitrogens with zero attached hydrogens (tertiary/aromatic N) is 1. The standard InChI is InChI=1S/C16H23N3O2/c1-12(14-5-3-2-4-6-14)19(11-15(17)20)16(21)10-18-9-13-7-8-13/h2-6,12-13,18H,7-11H2,1H3,(H2,17,20)/t12-/m1/s1. The van der Waals surface area contributed by atoms with Crippen molar-refractivity contribution in [3.8, 4) is 0 Å². The second kappa shape index (κ2) is 7.22. The van der Waals surface area contributed by atoms with Crippen molar-refractivity contribution in [2.75, 3.05) is 19.6 Å². The fourth-order valence-electron chi connectivity index (χ4n) is 2.33. The van der Waals surface area contributed by atoms with Crippen LogP contribution in [0, 0.1) is 5.92 Å². The van der Waals surface area contributed by atoms with Gasteiger partial charge in [0.25, 0.3) is 0 Å². The smallest absolute Gasteiger partial charge is 0.237 e. The second-order valence-electron chi connectivity index (χ2n) is 5.65. The van der Waals surface area contributed by atoms with E-state index in [0.717, 1.165) is 12.1 Å². The lowest BCUT2D eigenvalue weighted by atomic mass is 10.1. The molecule has 5 nitrogen and oxygen atoms in total. The first-order chi connectivity index (χ1) is 10.1. The van der Waals surface area contributed by atoms with Crippen molar-refractivity contribution in [3.05, 3.63) is 35.9 Å². The van der Waals surface area contributed by atoms with E-state index < -0.39 is 5.91 Å². The zero-order chi connectivity index (χ0) is 15.2. The number of carbonyl (C=O) groups is 2. The highest BCUT2D eigenvalue weighted by Gasteiger charge is 2.24. The van der Waals surface area contributed by atoms with Crippen molar-refractivity contribution < 1.29 is 9.59 Å². The number of nitrogens with one attached hydrogen (secondary N) is 1. The highest BCUT2D eigenvalue weighted by atomic mass is 16.2. The Hall–Kier alpha value is -1.88. The Morgan fingerprint density at radius 3 is 2.57 bits per heavy atom. The zero-order valence-corrected chi connectivity index (χ0v) is 12.4. The number of hydrogen-bond donors (Lipinski definition) is 2. The highest BCUT2D eigenvalue weighted by molar-refractivity contribution is 5.85. The van der Waals surface area contributed by atoms with Gasteiger partial charge in [-0.1, -0.05) is 30.3 Å². The van der Waals surface area contributed by atoms with Crippen molar-refractivity contribution in [1.82, 2.24) is 10.2 Å². The largest absolute Gasteiger partial charge is 0.368 e. The predicted octanol–water partition coefficient (Wildman–Crippen LogP) is 1.06. The van der Waals surface area contributed by atoms with Gasteiger partial charge in [0.05, 0.1) is 19.1 Å². The lowest BCUT2D eigenvalue weighted by Crippen LogP contribution is -2.44. The number of amides is 2. The summed E-state index contributed by atoms with van der Waals surface area (Å²) in [5, 5.41) is 3.16. The van der Waals surface area contributed by atoms with E-state index in [2.05, 4.69) is 5.32 Å². The van der Waals surface area contributed by atoms with Crippen LogP contribution in [0.3, 0.4) is 0 Å². The van der Waals surface area contributed by atoms with Gasteiger partial charge in [0, 0.05) is 0 Å². The van der Waals surface area contributed by atoms with Gasteiger partial charge in [0.1, 0.15) is 0 Å². The predicted molar refractivity (Wildman–Crippen MR) is 81.4 cm³/mol. The van der Waals surface area contributed by atoms with Crippen molar-refractivity contribution in [2.45, 2.75) is 25.8 Å². The number of nitrogens with two attached hydrogens (primary N) is 1. The molecule has 1 atom stereocenters. The molecular weight excluding hydrogens is 266 g/mol. The Morgan fingerprint density at radius 2 is 2.00 bits per heavy atom. The Balaban J connectivity index is 1.98. The van der Waals surface area contributed by atoms with E-state index in [-0.39, 0.29) is 25.0 Å². The number of carbonyl (C=O) groups excluding carboxylic acids is 2. The average molecular weight is 289 g/mol. The molecule has 0 aromatic heterocycles. The van der Waals surface area contributed by atoms with Gasteiger partial charge in [-0.3, -0.25) is 9.59 Å². The summed E-state index contributed by atoms with van der Waals surface area (Å²) in [5.74, 6) is 0.132. The van der Waals surface area contributed by atoms with E-state index in [1.165, 1.54) is 17.7 Å². The molecule has 21 heavy (non-hydrogen) atoms. The molecule has 114 valence electrons. The third-order valence-electron chi connectivity index (χ3n) is 3.80. The molecule has 0 saturated heterocycles. The Labute approximate surface area is 125 Å². The van der Waals surface area contributed by atoms with E-state index in [4.69, 9.17) is 5.73 Å². The molecular formula is C16H23N3O2. The molecule has 1 aliphatic carbocycles. The Bertz CT molecular complexity index is 486. The van der Waals surface area contributed by atoms with E-state index in [1.807, 2.05) is 37.3 Å². The number of primary amides is 1. The quantitative estimate of drug-likeness (QED) is 0.751. The molecule has 2 rings (SSSR count). The van der Waals surface area contributed by atoms with E-state index in [9.17, 15) is 9.59 Å². The summed E-state index contributed by atoms with van der Waals surface area (Å²) < 4.78 is 0. The van der Waals surface area contributed by atoms with Crippen LogP contribution < -0.4 is 11.1 Å². The first-order valence-corrected chi connectivity index (χ1v) is 7.41. The lowest BCUT2D eigenvalue weighted by Gasteiger charge is -2.28. The SMILES string of the molecule is C[C@H](c1ccccc1)N(CC(N)=O)C(=O)CNCC1CC1. The fraction of sp³-hybridized carbons (Fsp3) is 0.500. The van der Waals surface area contributed by atoms with Crippen LogP contribution >= 0.6 is 0 Å². The van der Waals surface area contributed by atoms with Gasteiger partial charge in [-0.25, -0.2) is 0 Å². The van der Waals surface area contributed by atoms with Gasteiger partial charge in [0.2, 0.25) is 11.8 Å². The maximum absolute atomic E-state index is 12.4. The van der Waals surface area contributed by atoms with Gasteiger partial charge in [-0.15, -0.1) is 0 Å². The van der Waals surface area contributed by atoms with Crippen molar-refractivity contribution in [1.29, 1.82) is 0 Å². The molecule has 1 aromatic rings. The molecule has 0 radical (unpaired) electrons. The molecule has 0 aliphatic heterocycles. The molecule has 1 fully saturated rings. The summed E-state index contributed by atoms with van der Waals surface area (Å²) >= 11 is 0. The molecule has 3 N–H and O–H groups in total. The maximum atomic E-state index is 12.4. The third-order valence-corrected chi connectivity index (χ3v) is 3.80. The minimum atomic E-state index is -0.492. The average Bonchev–Trinajstić information content (AvgIpc) is 3.29. The van der Waals surface area contributed by atoms with Crippen molar-refractivity contribution in [2.24, 2.45) is 11.7 Å². The number of hydrogen-bond acceptors (Lipinski definition) is 3. The normalized spacial score (nSPS) is 15.5. The molecule has 1 saturated carbocycles. The topological polar surface area (TPSA) is 75.4 Å². The van der Waals surface area contributed by atoms with Gasteiger partial charge < -0.3 is 16.0 Å². The Morgan fingerprint density at radius 1 is 1.33 bits per heavy atom. The van der Waals surface area contributed by atoms with Crippen LogP contribution in [0.4, 0.5) is 0 Å². The summed E-state index contributed by atoms with van der Waals surface area (Å²) in [6.07, 6.45) is 2.49. The summed E-state index contributed by atoms with van der Waals surface area (Å²) in [4.78, 5) is 25.1. The van der Waals surface area contributed by atoms with Crippen LogP contribution in [0.5, 0.6) is 0 Å². The number of rotatable bonds is 8. The van der Waals surface area contributed by atoms with Gasteiger partial charge in [-0.05, 0) is 37.8 Å². The van der Waals surface area contributed by atoms with Gasteiger partial charge in [-0.2, -0.15) is 0 Å². The van der Waals surface area contributed by atoms with Crippen LogP contribution in [0.15, 0.2) is 30.3 Å². The minimum Gasteiger partial charge on any atom is -0.368 e. The summed E-state index contributed by atoms with van der Waals surface area (Å²) in [6.45, 7) is 2.98. The van der Waals surface area contributed by atoms with Crippen molar-refractivity contribution in [3.63, 3.8) is 0 Å². The molecule has 0 heterocycles. The van der Waals surface area contributed by atoms with E-state index in [1.54, 1.807) is 0 Å². The minimum absolute atomic E-state index is 0.0556. The maximum Gasteiger partial charge on any atom is 0.237 e. The molecule has 5 heteroatoms. The van der Waals surface area contributed by atoms with Gasteiger partial charge >= 0.3 is 0 Å². The molecule has 2 amide bonds. The van der Waals surface area contributed by atoms with Crippen LogP contribution in [0.25, 0.3) is 0 Å². The van der Waals surface area contributed by atoms with Crippen LogP contribution in [-0.2, 0) is 9.59 Å². The molecule has 0 unspecified atom stereocenters. The van der Waals surface area contributed by atoms with E-state index >= 15 is 0 Å². The third kappa shape index (κ3) is 4.86. The summed E-state index contributed by atoms with van der Waals surface area (Å²) in [6, 6.07) is 9.49. The lowest BCUT2D eigenvalue weighted by molar-refractivity contribution is -0.136. The fourth-order valence-corrected chi connectivity index (χ4v) is 2.33. The van der Waals surface area contributed by atoms with Crippen LogP contribution in [0.1, 0.15) is 31.4 Å². The first kappa shape index (κ1) is 15.5. The van der Waals surface area contributed by atoms with E-state index in [0.29, 0.717) is 5.92 Å². The zero-order valence-electron chi connectivity index (χ0n) is 12.4. The Kier molecular flexibility index (Phi) is 5.33. The van der Waals surface area contributed by atoms with Gasteiger partial charge in [0.15, 0.2) is 0 Å². The molecule has 0 bridgehead atoms. The van der Waals surface area contributed by atoms with Crippen LogP contribution in [-0.4, -0.2) is 36.3 Å². The first-order valence-electron chi connectivity index (χ1n) is 7.41. The molecule has 0 spiro atoms. The summed E-state index contributed by atoms with van der Waals surface area (Å²) in [7, 11) is 0. The van der Waals surface area contributed by atoms with Crippen LogP contribution in [0.2, 0.25) is 0 Å². The molecule has 1 aromatic carbocycles. The highest BCUT2D eigenvalue weighted by Crippen LogP contribution is 2.27. The number of benzene rings is 1. The van der Waals surface area contributed by atoms with Crippen molar-refractivity contribution >= 4 is 11.8 Å².